The lowest BCUT2D eigenvalue weighted by molar-refractivity contribution is 0.166. The zero-order valence-electron chi connectivity index (χ0n) is 18.0. The maximum atomic E-state index is 12.5. The molecule has 0 spiro atoms. The lowest BCUT2D eigenvalue weighted by Gasteiger charge is -2.23. The number of hydrogen-bond donors (Lipinski definition) is 4. The number of carbonyl (C=O) groups is 1. The molecule has 5 rings (SSSR count). The number of H-pyrrole nitrogens is 1. The van der Waals surface area contributed by atoms with Crippen LogP contribution in [0.25, 0.3) is 5.52 Å². The Morgan fingerprint density at radius 1 is 1.30 bits per heavy atom. The molecule has 170 valence electrons. The first kappa shape index (κ1) is 21.3. The number of anilines is 3. The van der Waals surface area contributed by atoms with Gasteiger partial charge in [0.2, 0.25) is 5.16 Å². The van der Waals surface area contributed by atoms with Crippen molar-refractivity contribution in [1.29, 1.82) is 0 Å². The molecule has 11 heteroatoms. The summed E-state index contributed by atoms with van der Waals surface area (Å²) in [6, 6.07) is 13.0. The highest BCUT2D eigenvalue weighted by molar-refractivity contribution is 7.99. The second-order valence-corrected chi connectivity index (χ2v) is 8.91. The maximum absolute atomic E-state index is 12.5. The highest BCUT2D eigenvalue weighted by Gasteiger charge is 2.28. The second kappa shape index (κ2) is 9.12. The molecule has 1 aliphatic rings. The lowest BCUT2D eigenvalue weighted by atomic mass is 10.2. The van der Waals surface area contributed by atoms with Crippen LogP contribution in [0.5, 0.6) is 0 Å². The van der Waals surface area contributed by atoms with Crippen LogP contribution in [0.15, 0.2) is 58.7 Å². The number of aliphatic hydroxyl groups is 1. The number of aryl methyl sites for hydroxylation is 1. The van der Waals surface area contributed by atoms with Gasteiger partial charge in [0.1, 0.15) is 5.52 Å². The summed E-state index contributed by atoms with van der Waals surface area (Å²) in [6.45, 7) is 2.60. The summed E-state index contributed by atoms with van der Waals surface area (Å²) in [6.07, 6.45) is 3.62. The van der Waals surface area contributed by atoms with Gasteiger partial charge in [0.05, 0.1) is 12.6 Å². The average Bonchev–Trinajstić information content (AvgIpc) is 3.56. The zero-order valence-corrected chi connectivity index (χ0v) is 18.8. The molecule has 1 atom stereocenters. The Labute approximate surface area is 194 Å². The topological polar surface area (TPSA) is 123 Å². The summed E-state index contributed by atoms with van der Waals surface area (Å²) in [4.78, 5) is 19.8. The van der Waals surface area contributed by atoms with E-state index in [4.69, 9.17) is 0 Å². The number of aromatic nitrogens is 5. The van der Waals surface area contributed by atoms with Crippen molar-refractivity contribution in [2.75, 3.05) is 23.8 Å². The second-order valence-electron chi connectivity index (χ2n) is 7.87. The molecular formula is C22H24N8O2S. The third-order valence-corrected chi connectivity index (χ3v) is 6.35. The first-order valence-electron chi connectivity index (χ1n) is 10.7. The average molecular weight is 465 g/mol. The quantitative estimate of drug-likeness (QED) is 0.343. The minimum Gasteiger partial charge on any atom is -0.394 e. The van der Waals surface area contributed by atoms with Crippen LogP contribution >= 0.6 is 11.8 Å². The van der Waals surface area contributed by atoms with Gasteiger partial charge in [0.25, 0.3) is 0 Å². The molecule has 10 nitrogen and oxygen atoms in total. The van der Waals surface area contributed by atoms with E-state index in [-0.39, 0.29) is 18.7 Å². The molecule has 0 radical (unpaired) electrons. The fourth-order valence-corrected chi connectivity index (χ4v) is 4.60. The highest BCUT2D eigenvalue weighted by atomic mass is 32.2. The Hall–Kier alpha value is -3.57. The number of nitrogens with one attached hydrogen (secondary N) is 3. The minimum absolute atomic E-state index is 0.00860. The molecule has 4 N–H and O–H groups in total. The molecule has 0 saturated carbocycles. The fourth-order valence-electron chi connectivity index (χ4n) is 3.85. The van der Waals surface area contributed by atoms with Crippen LogP contribution in [0.4, 0.5) is 22.1 Å². The molecule has 1 aromatic carbocycles. The number of fused-ring (bicyclic) bond motifs is 1. The smallest absolute Gasteiger partial charge is 0.322 e. The lowest BCUT2D eigenvalue weighted by Crippen LogP contribution is -2.40. The van der Waals surface area contributed by atoms with Gasteiger partial charge in [-0.2, -0.15) is 5.10 Å². The Bertz CT molecular complexity index is 1270. The van der Waals surface area contributed by atoms with Gasteiger partial charge in [0.15, 0.2) is 11.6 Å². The summed E-state index contributed by atoms with van der Waals surface area (Å²) in [7, 11) is 0. The first-order chi connectivity index (χ1) is 16.1. The highest BCUT2D eigenvalue weighted by Crippen LogP contribution is 2.29. The van der Waals surface area contributed by atoms with Crippen molar-refractivity contribution in [3.05, 3.63) is 54.4 Å². The van der Waals surface area contributed by atoms with Crippen LogP contribution in [0, 0.1) is 6.92 Å². The van der Waals surface area contributed by atoms with Crippen molar-refractivity contribution in [2.24, 2.45) is 0 Å². The summed E-state index contributed by atoms with van der Waals surface area (Å²) >= 11 is 1.43. The Kier molecular flexibility index (Phi) is 5.88. The molecule has 1 saturated heterocycles. The minimum atomic E-state index is -0.183. The Balaban J connectivity index is 1.30. The molecule has 33 heavy (non-hydrogen) atoms. The third kappa shape index (κ3) is 4.64. The van der Waals surface area contributed by atoms with Crippen LogP contribution < -0.4 is 10.6 Å². The molecule has 0 aliphatic carbocycles. The van der Waals surface area contributed by atoms with Crippen LogP contribution in [0.3, 0.4) is 0 Å². The molecule has 2 amide bonds. The van der Waals surface area contributed by atoms with E-state index in [9.17, 15) is 9.90 Å². The van der Waals surface area contributed by atoms with E-state index in [1.165, 1.54) is 11.8 Å². The molecule has 1 fully saturated rings. The SMILES string of the molecule is Cc1cc(Nc2nc(Sc3ccc(NC(=O)N4CCC[C@H]4CO)cc3)nn3cccc23)n[nH]1. The van der Waals surface area contributed by atoms with Crippen LogP contribution in [0.1, 0.15) is 18.5 Å². The number of hydrogen-bond acceptors (Lipinski definition) is 7. The summed E-state index contributed by atoms with van der Waals surface area (Å²) in [5, 5.41) is 27.9. The zero-order chi connectivity index (χ0) is 22.8. The summed E-state index contributed by atoms with van der Waals surface area (Å²) in [5.74, 6) is 1.35. The van der Waals surface area contributed by atoms with Crippen LogP contribution in [-0.4, -0.2) is 60.0 Å². The molecular weight excluding hydrogens is 440 g/mol. The number of carbonyl (C=O) groups excluding carboxylic acids is 1. The van der Waals surface area contributed by atoms with E-state index >= 15 is 0 Å². The Morgan fingerprint density at radius 3 is 2.91 bits per heavy atom. The van der Waals surface area contributed by atoms with E-state index < -0.39 is 0 Å². The molecule has 4 aromatic rings. The monoisotopic (exact) mass is 464 g/mol. The molecule has 3 aromatic heterocycles. The maximum Gasteiger partial charge on any atom is 0.322 e. The number of likely N-dealkylation sites (tertiary alicyclic amines) is 1. The van der Waals surface area contributed by atoms with Gasteiger partial charge in [-0.3, -0.25) is 5.10 Å². The van der Waals surface area contributed by atoms with E-state index in [1.54, 1.807) is 9.42 Å². The predicted octanol–water partition coefficient (Wildman–Crippen LogP) is 3.64. The van der Waals surface area contributed by atoms with E-state index in [0.29, 0.717) is 29.0 Å². The van der Waals surface area contributed by atoms with Gasteiger partial charge in [-0.15, -0.1) is 5.10 Å². The van der Waals surface area contributed by atoms with Crippen molar-refractivity contribution in [3.63, 3.8) is 0 Å². The van der Waals surface area contributed by atoms with Crippen molar-refractivity contribution in [1.82, 2.24) is 29.7 Å². The third-order valence-electron chi connectivity index (χ3n) is 5.49. The van der Waals surface area contributed by atoms with Gasteiger partial charge >= 0.3 is 6.03 Å². The Morgan fingerprint density at radius 2 is 2.15 bits per heavy atom. The largest absolute Gasteiger partial charge is 0.394 e. The number of aliphatic hydroxyl groups excluding tert-OH is 1. The first-order valence-corrected chi connectivity index (χ1v) is 11.5. The molecule has 0 unspecified atom stereocenters. The van der Waals surface area contributed by atoms with Gasteiger partial charge in [-0.1, -0.05) is 0 Å². The number of aromatic amines is 1. The van der Waals surface area contributed by atoms with Crippen LogP contribution in [0.2, 0.25) is 0 Å². The van der Waals surface area contributed by atoms with Crippen LogP contribution in [-0.2, 0) is 0 Å². The molecule has 1 aliphatic heterocycles. The number of rotatable bonds is 6. The number of urea groups is 1. The fraction of sp³-hybridized carbons (Fsp3) is 0.273. The normalized spacial score (nSPS) is 15.8. The van der Waals surface area contributed by atoms with E-state index in [1.807, 2.05) is 55.6 Å². The van der Waals surface area contributed by atoms with Crippen molar-refractivity contribution >= 4 is 40.6 Å². The molecule has 0 bridgehead atoms. The predicted molar refractivity (Wildman–Crippen MR) is 126 cm³/mol. The summed E-state index contributed by atoms with van der Waals surface area (Å²) in [5.41, 5.74) is 2.50. The van der Waals surface area contributed by atoms with Gasteiger partial charge in [-0.05, 0) is 67.9 Å². The van der Waals surface area contributed by atoms with Gasteiger partial charge < -0.3 is 20.6 Å². The van der Waals surface area contributed by atoms with Crippen molar-refractivity contribution < 1.29 is 9.90 Å². The molecule has 4 heterocycles. The number of benzene rings is 1. The van der Waals surface area contributed by atoms with Crippen molar-refractivity contribution in [3.8, 4) is 0 Å². The van der Waals surface area contributed by atoms with E-state index in [0.717, 1.165) is 28.9 Å². The number of amides is 2. The van der Waals surface area contributed by atoms with E-state index in [2.05, 4.69) is 30.9 Å². The standard InChI is InChI=1S/C22H24N8O2S/c1-14-12-19(27-26-14)24-20-18-5-3-11-30(18)28-21(25-20)33-17-8-6-15(7-9-17)23-22(32)29-10-2-4-16(29)13-31/h3,5-9,11-12,16,31H,2,4,10,13H2,1H3,(H,23,32)(H2,24,25,26,27,28)/t16-/m0/s1. The van der Waals surface area contributed by atoms with Gasteiger partial charge in [-0.25, -0.2) is 14.3 Å². The van der Waals surface area contributed by atoms with Crippen molar-refractivity contribution in [2.45, 2.75) is 35.9 Å². The summed E-state index contributed by atoms with van der Waals surface area (Å²) < 4.78 is 1.78. The van der Waals surface area contributed by atoms with Gasteiger partial charge in [0, 0.05) is 35.1 Å². The number of nitrogens with zero attached hydrogens (tertiary/aromatic N) is 5.